The third kappa shape index (κ3) is 2.75. The molecule has 1 heterocycles. The predicted octanol–water partition coefficient (Wildman–Crippen LogP) is 3.16. The van der Waals surface area contributed by atoms with Gasteiger partial charge in [0.15, 0.2) is 0 Å². The molecular formula is C16H30N2. The van der Waals surface area contributed by atoms with Crippen molar-refractivity contribution < 1.29 is 0 Å². The highest BCUT2D eigenvalue weighted by molar-refractivity contribution is 4.91. The van der Waals surface area contributed by atoms with Crippen molar-refractivity contribution in [3.8, 4) is 0 Å². The lowest BCUT2D eigenvalue weighted by Crippen LogP contribution is -2.47. The molecular weight excluding hydrogens is 220 g/mol. The normalized spacial score (nSPS) is 42.5. The molecule has 4 atom stereocenters. The van der Waals surface area contributed by atoms with Gasteiger partial charge < -0.3 is 5.73 Å². The average Bonchev–Trinajstić information content (AvgIpc) is 2.77. The predicted molar refractivity (Wildman–Crippen MR) is 76.5 cm³/mol. The van der Waals surface area contributed by atoms with Crippen LogP contribution in [0.5, 0.6) is 0 Å². The second-order valence-corrected chi connectivity index (χ2v) is 6.96. The molecule has 0 bridgehead atoms. The summed E-state index contributed by atoms with van der Waals surface area (Å²) in [4.78, 5) is 2.83. The summed E-state index contributed by atoms with van der Waals surface area (Å²) in [5.41, 5.74) is 6.41. The maximum absolute atomic E-state index is 6.41. The Morgan fingerprint density at radius 1 is 0.833 bits per heavy atom. The summed E-state index contributed by atoms with van der Waals surface area (Å²) < 4.78 is 0. The van der Waals surface area contributed by atoms with Gasteiger partial charge in [0.25, 0.3) is 0 Å². The summed E-state index contributed by atoms with van der Waals surface area (Å²) in [5, 5.41) is 0. The lowest BCUT2D eigenvalue weighted by molar-refractivity contribution is 0.0873. The monoisotopic (exact) mass is 250 g/mol. The number of hydrogen-bond acceptors (Lipinski definition) is 2. The van der Waals surface area contributed by atoms with E-state index in [0.717, 1.165) is 17.9 Å². The minimum atomic E-state index is 0.481. The molecule has 3 rings (SSSR count). The first kappa shape index (κ1) is 12.9. The van der Waals surface area contributed by atoms with Crippen LogP contribution in [0.25, 0.3) is 0 Å². The van der Waals surface area contributed by atoms with E-state index in [1.165, 1.54) is 77.3 Å². The molecule has 2 nitrogen and oxygen atoms in total. The molecule has 18 heavy (non-hydrogen) atoms. The molecule has 2 heteroatoms. The minimum Gasteiger partial charge on any atom is -0.327 e. The van der Waals surface area contributed by atoms with E-state index in [1.807, 2.05) is 0 Å². The second kappa shape index (κ2) is 5.92. The molecule has 0 aromatic rings. The topological polar surface area (TPSA) is 29.3 Å². The van der Waals surface area contributed by atoms with Crippen LogP contribution in [0.2, 0.25) is 0 Å². The number of likely N-dealkylation sites (tertiary alicyclic amines) is 1. The van der Waals surface area contributed by atoms with Gasteiger partial charge in [0, 0.05) is 18.6 Å². The van der Waals surface area contributed by atoms with Crippen molar-refractivity contribution in [2.24, 2.45) is 17.6 Å². The van der Waals surface area contributed by atoms with Crippen LogP contribution in [-0.4, -0.2) is 30.1 Å². The largest absolute Gasteiger partial charge is 0.327 e. The molecule has 2 N–H and O–H groups in total. The van der Waals surface area contributed by atoms with Crippen LogP contribution in [0.1, 0.15) is 64.2 Å². The van der Waals surface area contributed by atoms with E-state index < -0.39 is 0 Å². The van der Waals surface area contributed by atoms with E-state index in [0.29, 0.717) is 6.04 Å². The Labute approximate surface area is 112 Å². The van der Waals surface area contributed by atoms with Crippen molar-refractivity contribution >= 4 is 0 Å². The molecule has 0 amide bonds. The zero-order valence-electron chi connectivity index (χ0n) is 11.8. The summed E-state index contributed by atoms with van der Waals surface area (Å²) >= 11 is 0. The third-order valence-electron chi connectivity index (χ3n) is 5.80. The highest BCUT2D eigenvalue weighted by atomic mass is 15.2. The fourth-order valence-corrected chi connectivity index (χ4v) is 4.72. The van der Waals surface area contributed by atoms with Gasteiger partial charge in [0.05, 0.1) is 0 Å². The molecule has 3 fully saturated rings. The number of rotatable bonds is 2. The molecule has 2 aliphatic carbocycles. The van der Waals surface area contributed by atoms with Gasteiger partial charge in [-0.15, -0.1) is 0 Å². The highest BCUT2D eigenvalue weighted by Gasteiger charge is 2.36. The number of nitrogens with zero attached hydrogens (tertiary/aromatic N) is 1. The summed E-state index contributed by atoms with van der Waals surface area (Å²) in [5.74, 6) is 1.81. The SMILES string of the molecule is NC1CCCCCC1CN1CCCC2CCCC21. The Balaban J connectivity index is 1.60. The van der Waals surface area contributed by atoms with Gasteiger partial charge in [-0.25, -0.2) is 0 Å². The van der Waals surface area contributed by atoms with Gasteiger partial charge in [-0.3, -0.25) is 4.90 Å². The number of hydrogen-bond donors (Lipinski definition) is 1. The Morgan fingerprint density at radius 2 is 1.67 bits per heavy atom. The third-order valence-corrected chi connectivity index (χ3v) is 5.80. The maximum Gasteiger partial charge on any atom is 0.0124 e. The van der Waals surface area contributed by atoms with Gasteiger partial charge in [0.1, 0.15) is 0 Å². The van der Waals surface area contributed by atoms with Crippen LogP contribution in [0.3, 0.4) is 0 Å². The molecule has 1 aliphatic heterocycles. The molecule has 0 spiro atoms. The second-order valence-electron chi connectivity index (χ2n) is 6.96. The van der Waals surface area contributed by atoms with E-state index in [2.05, 4.69) is 4.90 Å². The van der Waals surface area contributed by atoms with Crippen LogP contribution in [0.15, 0.2) is 0 Å². The van der Waals surface area contributed by atoms with E-state index in [9.17, 15) is 0 Å². The number of nitrogens with two attached hydrogens (primary N) is 1. The standard InChI is InChI=1S/C16H30N2/c17-15-9-3-1-2-6-14(15)12-18-11-5-8-13-7-4-10-16(13)18/h13-16H,1-12,17H2. The number of fused-ring (bicyclic) bond motifs is 1. The van der Waals surface area contributed by atoms with Crippen molar-refractivity contribution in [3.63, 3.8) is 0 Å². The molecule has 0 radical (unpaired) electrons. The first-order valence-corrected chi connectivity index (χ1v) is 8.34. The van der Waals surface area contributed by atoms with E-state index in [1.54, 1.807) is 0 Å². The quantitative estimate of drug-likeness (QED) is 0.763. The molecule has 3 aliphatic rings. The lowest BCUT2D eigenvalue weighted by atomic mass is 9.88. The van der Waals surface area contributed by atoms with Crippen molar-refractivity contribution in [2.75, 3.05) is 13.1 Å². The van der Waals surface area contributed by atoms with Crippen molar-refractivity contribution in [1.82, 2.24) is 4.90 Å². The molecule has 0 aromatic heterocycles. The highest BCUT2D eigenvalue weighted by Crippen LogP contribution is 2.37. The Morgan fingerprint density at radius 3 is 2.61 bits per heavy atom. The maximum atomic E-state index is 6.41. The van der Waals surface area contributed by atoms with E-state index in [-0.39, 0.29) is 0 Å². The van der Waals surface area contributed by atoms with Crippen LogP contribution in [-0.2, 0) is 0 Å². The molecule has 2 saturated carbocycles. The summed E-state index contributed by atoms with van der Waals surface area (Å²) in [6.07, 6.45) is 14.2. The van der Waals surface area contributed by atoms with Gasteiger partial charge >= 0.3 is 0 Å². The fraction of sp³-hybridized carbons (Fsp3) is 1.00. The fourth-order valence-electron chi connectivity index (χ4n) is 4.72. The molecule has 104 valence electrons. The minimum absolute atomic E-state index is 0.481. The van der Waals surface area contributed by atoms with Gasteiger partial charge in [0.2, 0.25) is 0 Å². The zero-order valence-corrected chi connectivity index (χ0v) is 11.8. The first-order chi connectivity index (χ1) is 8.84. The van der Waals surface area contributed by atoms with Gasteiger partial charge in [-0.1, -0.05) is 25.7 Å². The Bertz CT molecular complexity index is 266. The van der Waals surface area contributed by atoms with E-state index >= 15 is 0 Å². The molecule has 0 aromatic carbocycles. The van der Waals surface area contributed by atoms with Crippen LogP contribution >= 0.6 is 0 Å². The average molecular weight is 250 g/mol. The number of piperidine rings is 1. The smallest absolute Gasteiger partial charge is 0.0124 e. The van der Waals surface area contributed by atoms with Crippen LogP contribution in [0, 0.1) is 11.8 Å². The Kier molecular flexibility index (Phi) is 4.25. The van der Waals surface area contributed by atoms with Crippen molar-refractivity contribution in [1.29, 1.82) is 0 Å². The molecule has 1 saturated heterocycles. The van der Waals surface area contributed by atoms with Crippen molar-refractivity contribution in [3.05, 3.63) is 0 Å². The van der Waals surface area contributed by atoms with Crippen LogP contribution in [0.4, 0.5) is 0 Å². The zero-order chi connectivity index (χ0) is 12.4. The summed E-state index contributed by atoms with van der Waals surface area (Å²) in [6, 6.07) is 1.41. The lowest BCUT2D eigenvalue weighted by Gasteiger charge is -2.40. The van der Waals surface area contributed by atoms with Gasteiger partial charge in [-0.05, 0) is 56.9 Å². The van der Waals surface area contributed by atoms with Gasteiger partial charge in [-0.2, -0.15) is 0 Å². The van der Waals surface area contributed by atoms with Crippen molar-refractivity contribution in [2.45, 2.75) is 76.3 Å². The molecule has 4 unspecified atom stereocenters. The Hall–Kier alpha value is -0.0800. The summed E-state index contributed by atoms with van der Waals surface area (Å²) in [6.45, 7) is 2.66. The summed E-state index contributed by atoms with van der Waals surface area (Å²) in [7, 11) is 0. The first-order valence-electron chi connectivity index (χ1n) is 8.34. The van der Waals surface area contributed by atoms with E-state index in [4.69, 9.17) is 5.73 Å². The van der Waals surface area contributed by atoms with Crippen LogP contribution < -0.4 is 5.73 Å².